The van der Waals surface area contributed by atoms with Gasteiger partial charge in [-0.3, -0.25) is 9.69 Å². The minimum atomic E-state index is 0. The molecule has 2 saturated carbocycles. The van der Waals surface area contributed by atoms with Crippen LogP contribution in [0.15, 0.2) is 0 Å². The lowest BCUT2D eigenvalue weighted by Gasteiger charge is -2.46. The lowest BCUT2D eigenvalue weighted by atomic mass is 9.65. The van der Waals surface area contributed by atoms with Crippen molar-refractivity contribution in [3.8, 4) is 0 Å². The van der Waals surface area contributed by atoms with Crippen LogP contribution in [-0.4, -0.2) is 67.7 Å². The number of fused-ring (bicyclic) bond motifs is 2. The van der Waals surface area contributed by atoms with Gasteiger partial charge in [-0.15, -0.1) is 24.8 Å². The molecule has 2 N–H and O–H groups in total. The van der Waals surface area contributed by atoms with E-state index in [-0.39, 0.29) is 30.7 Å². The molecule has 3 atom stereocenters. The number of nitrogens with zero attached hydrogens (tertiary/aromatic N) is 2. The van der Waals surface area contributed by atoms with Crippen LogP contribution < -0.4 is 5.73 Å². The molecule has 0 spiro atoms. The molecule has 25 heavy (non-hydrogen) atoms. The van der Waals surface area contributed by atoms with Gasteiger partial charge in [-0.2, -0.15) is 0 Å². The summed E-state index contributed by atoms with van der Waals surface area (Å²) in [7, 11) is 1.75. The van der Waals surface area contributed by atoms with Crippen LogP contribution in [0.3, 0.4) is 0 Å². The summed E-state index contributed by atoms with van der Waals surface area (Å²) in [6.45, 7) is 6.64. The normalized spacial score (nSPS) is 35.5. The van der Waals surface area contributed by atoms with Gasteiger partial charge in [-0.05, 0) is 44.4 Å². The third-order valence-corrected chi connectivity index (χ3v) is 6.42. The number of halogens is 2. The Bertz CT molecular complexity index is 413. The monoisotopic (exact) mass is 395 g/mol. The maximum Gasteiger partial charge on any atom is 0.225 e. The summed E-state index contributed by atoms with van der Waals surface area (Å²) in [5.74, 6) is 1.78. The van der Waals surface area contributed by atoms with Crippen LogP contribution in [0.25, 0.3) is 0 Å². The van der Waals surface area contributed by atoms with Crippen molar-refractivity contribution in [1.29, 1.82) is 0 Å². The summed E-state index contributed by atoms with van der Waals surface area (Å²) in [4.78, 5) is 17.5. The van der Waals surface area contributed by atoms with Gasteiger partial charge < -0.3 is 15.4 Å². The van der Waals surface area contributed by atoms with Crippen molar-refractivity contribution in [1.82, 2.24) is 9.80 Å². The van der Waals surface area contributed by atoms with Crippen molar-refractivity contribution >= 4 is 30.7 Å². The van der Waals surface area contributed by atoms with Gasteiger partial charge in [0.05, 0.1) is 6.61 Å². The Morgan fingerprint density at radius 1 is 1.16 bits per heavy atom. The average molecular weight is 396 g/mol. The van der Waals surface area contributed by atoms with Gasteiger partial charge in [0, 0.05) is 51.3 Å². The smallest absolute Gasteiger partial charge is 0.225 e. The highest BCUT2D eigenvalue weighted by Crippen LogP contribution is 2.42. The zero-order valence-corrected chi connectivity index (χ0v) is 17.2. The molecule has 7 heteroatoms. The standard InChI is InChI=1S/C18H33N3O2.2ClH/c1-13-12-21(7-6-20(13)8-9-23-2)18(22)16-10-14-4-3-5-15(11-16)17(14)19;;/h13-17H,3-12,19H2,1-2H3;2*1H. The Kier molecular flexibility index (Phi) is 9.47. The van der Waals surface area contributed by atoms with Crippen molar-refractivity contribution in [3.63, 3.8) is 0 Å². The van der Waals surface area contributed by atoms with Crippen molar-refractivity contribution in [3.05, 3.63) is 0 Å². The van der Waals surface area contributed by atoms with Crippen molar-refractivity contribution in [2.75, 3.05) is 39.9 Å². The zero-order chi connectivity index (χ0) is 16.4. The zero-order valence-electron chi connectivity index (χ0n) is 15.6. The highest BCUT2D eigenvalue weighted by Gasteiger charge is 2.42. The van der Waals surface area contributed by atoms with E-state index in [1.807, 2.05) is 0 Å². The van der Waals surface area contributed by atoms with Crippen LogP contribution in [0.1, 0.15) is 39.0 Å². The molecule has 3 aliphatic rings. The summed E-state index contributed by atoms with van der Waals surface area (Å²) in [6.07, 6.45) is 5.80. The lowest BCUT2D eigenvalue weighted by Crippen LogP contribution is -2.56. The maximum atomic E-state index is 13.0. The number of rotatable bonds is 4. The van der Waals surface area contributed by atoms with Gasteiger partial charge in [0.1, 0.15) is 0 Å². The highest BCUT2D eigenvalue weighted by molar-refractivity contribution is 5.85. The number of hydrogen-bond acceptors (Lipinski definition) is 4. The Balaban J connectivity index is 0.00000156. The van der Waals surface area contributed by atoms with Gasteiger partial charge >= 0.3 is 0 Å². The first kappa shape index (κ1) is 23.0. The minimum Gasteiger partial charge on any atom is -0.383 e. The number of carbonyl (C=O) groups excluding carboxylic acids is 1. The van der Waals surface area contributed by atoms with E-state index in [0.717, 1.165) is 45.6 Å². The predicted octanol–water partition coefficient (Wildman–Crippen LogP) is 2.16. The van der Waals surface area contributed by atoms with E-state index < -0.39 is 0 Å². The molecule has 3 fully saturated rings. The topological polar surface area (TPSA) is 58.8 Å². The molecule has 1 heterocycles. The van der Waals surface area contributed by atoms with E-state index in [0.29, 0.717) is 29.8 Å². The third-order valence-electron chi connectivity index (χ3n) is 6.42. The number of hydrogen-bond donors (Lipinski definition) is 1. The largest absolute Gasteiger partial charge is 0.383 e. The van der Waals surface area contributed by atoms with Crippen molar-refractivity contribution < 1.29 is 9.53 Å². The molecule has 1 saturated heterocycles. The molecule has 148 valence electrons. The molecular weight excluding hydrogens is 361 g/mol. The first-order chi connectivity index (χ1) is 11.1. The van der Waals surface area contributed by atoms with Crippen molar-refractivity contribution in [2.24, 2.45) is 23.5 Å². The molecule has 2 bridgehead atoms. The Hall–Kier alpha value is -0.0700. The Labute approximate surface area is 164 Å². The number of carbonyl (C=O) groups is 1. The molecule has 0 aromatic heterocycles. The second-order valence-corrected chi connectivity index (χ2v) is 7.86. The fraction of sp³-hybridized carbons (Fsp3) is 0.944. The molecule has 0 radical (unpaired) electrons. The SMILES string of the molecule is COCCN1CCN(C(=O)C2CC3CCCC(C2)C3N)CC1C.Cl.Cl. The third kappa shape index (κ3) is 5.23. The van der Waals surface area contributed by atoms with Crippen LogP contribution in [0.2, 0.25) is 0 Å². The number of nitrogens with two attached hydrogens (primary N) is 1. The van der Waals surface area contributed by atoms with Gasteiger partial charge in [-0.25, -0.2) is 0 Å². The minimum absolute atomic E-state index is 0. The molecule has 3 unspecified atom stereocenters. The lowest BCUT2D eigenvalue weighted by molar-refractivity contribution is -0.141. The van der Waals surface area contributed by atoms with E-state index in [2.05, 4.69) is 16.7 Å². The second-order valence-electron chi connectivity index (χ2n) is 7.86. The molecule has 0 aromatic carbocycles. The van der Waals surface area contributed by atoms with Crippen LogP contribution in [0.4, 0.5) is 0 Å². The van der Waals surface area contributed by atoms with Crippen LogP contribution in [-0.2, 0) is 9.53 Å². The highest BCUT2D eigenvalue weighted by atomic mass is 35.5. The van der Waals surface area contributed by atoms with Gasteiger partial charge in [0.15, 0.2) is 0 Å². The molecular formula is C18H35Cl2N3O2. The van der Waals surface area contributed by atoms with E-state index in [1.54, 1.807) is 7.11 Å². The number of ether oxygens (including phenoxy) is 1. The number of piperazine rings is 1. The van der Waals surface area contributed by atoms with Crippen LogP contribution >= 0.6 is 24.8 Å². The first-order valence-electron chi connectivity index (χ1n) is 9.37. The maximum absolute atomic E-state index is 13.0. The Morgan fingerprint density at radius 3 is 2.36 bits per heavy atom. The molecule has 0 aromatic rings. The van der Waals surface area contributed by atoms with E-state index in [1.165, 1.54) is 19.3 Å². The fourth-order valence-electron chi connectivity index (χ4n) is 4.99. The fourth-order valence-corrected chi connectivity index (χ4v) is 4.99. The molecule has 3 rings (SSSR count). The predicted molar refractivity (Wildman–Crippen MR) is 106 cm³/mol. The summed E-state index contributed by atoms with van der Waals surface area (Å²) in [5.41, 5.74) is 6.37. The molecule has 5 nitrogen and oxygen atoms in total. The first-order valence-corrected chi connectivity index (χ1v) is 9.37. The quantitative estimate of drug-likeness (QED) is 0.791. The van der Waals surface area contributed by atoms with E-state index in [4.69, 9.17) is 10.5 Å². The van der Waals surface area contributed by atoms with Gasteiger partial charge in [0.25, 0.3) is 0 Å². The summed E-state index contributed by atoms with van der Waals surface area (Å²) in [5, 5.41) is 0. The number of amides is 1. The van der Waals surface area contributed by atoms with Crippen molar-refractivity contribution in [2.45, 2.75) is 51.1 Å². The van der Waals surface area contributed by atoms with E-state index in [9.17, 15) is 4.79 Å². The molecule has 1 aliphatic heterocycles. The van der Waals surface area contributed by atoms with Crippen LogP contribution in [0.5, 0.6) is 0 Å². The van der Waals surface area contributed by atoms with E-state index >= 15 is 0 Å². The van der Waals surface area contributed by atoms with Crippen LogP contribution in [0, 0.1) is 17.8 Å². The Morgan fingerprint density at radius 2 is 1.80 bits per heavy atom. The second kappa shape index (κ2) is 10.3. The summed E-state index contributed by atoms with van der Waals surface area (Å²) < 4.78 is 5.18. The van der Waals surface area contributed by atoms with Gasteiger partial charge in [0.2, 0.25) is 5.91 Å². The average Bonchev–Trinajstić information content (AvgIpc) is 2.53. The number of methoxy groups -OCH3 is 1. The van der Waals surface area contributed by atoms with Gasteiger partial charge in [-0.1, -0.05) is 6.42 Å². The molecule has 1 amide bonds. The summed E-state index contributed by atoms with van der Waals surface area (Å²) in [6, 6.07) is 0.769. The molecule has 2 aliphatic carbocycles. The summed E-state index contributed by atoms with van der Waals surface area (Å²) >= 11 is 0.